The Labute approximate surface area is 138 Å². The maximum atomic E-state index is 13.3. The number of anilines is 1. The average Bonchev–Trinajstić information content (AvgIpc) is 3.06. The molecular formula is C17H14FN3O2S. The molecule has 0 unspecified atom stereocenters. The van der Waals surface area contributed by atoms with Crippen LogP contribution in [0, 0.1) is 5.82 Å². The van der Waals surface area contributed by atoms with Gasteiger partial charge < -0.3 is 10.3 Å². The van der Waals surface area contributed by atoms with Gasteiger partial charge in [0.15, 0.2) is 0 Å². The van der Waals surface area contributed by atoms with E-state index in [2.05, 4.69) is 14.7 Å². The van der Waals surface area contributed by atoms with Crippen LogP contribution in [0.25, 0.3) is 22.0 Å². The van der Waals surface area contributed by atoms with Crippen molar-refractivity contribution in [2.75, 3.05) is 11.6 Å². The molecule has 4 rings (SSSR count). The van der Waals surface area contributed by atoms with Gasteiger partial charge in [-0.3, -0.25) is 0 Å². The van der Waals surface area contributed by atoms with E-state index in [4.69, 9.17) is 0 Å². The fourth-order valence-electron chi connectivity index (χ4n) is 2.99. The monoisotopic (exact) mass is 343 g/mol. The molecule has 0 amide bonds. The number of H-pyrrole nitrogens is 1. The van der Waals surface area contributed by atoms with Crippen LogP contribution in [0.5, 0.6) is 0 Å². The second-order valence-electron chi connectivity index (χ2n) is 5.84. The Morgan fingerprint density at radius 3 is 2.79 bits per heavy atom. The molecule has 122 valence electrons. The molecule has 5 nitrogen and oxygen atoms in total. The Hall–Kier alpha value is -2.67. The molecule has 0 fully saturated rings. The number of sulfonamides is 1. The molecule has 0 saturated heterocycles. The van der Waals surface area contributed by atoms with Crippen LogP contribution in [-0.4, -0.2) is 25.5 Å². The average molecular weight is 343 g/mol. The zero-order valence-corrected chi connectivity index (χ0v) is 13.6. The summed E-state index contributed by atoms with van der Waals surface area (Å²) in [5.41, 5.74) is 4.49. The third-order valence-electron chi connectivity index (χ3n) is 3.98. The molecule has 0 radical (unpaired) electrons. The largest absolute Gasteiger partial charge is 0.360 e. The minimum atomic E-state index is -3.43. The molecular weight excluding hydrogens is 329 g/mol. The highest BCUT2D eigenvalue weighted by Crippen LogP contribution is 2.33. The first-order chi connectivity index (χ1) is 11.4. The number of halogens is 1. The van der Waals surface area contributed by atoms with Gasteiger partial charge in [0.2, 0.25) is 0 Å². The summed E-state index contributed by atoms with van der Waals surface area (Å²) in [6.07, 6.45) is 3.37. The lowest BCUT2D eigenvalue weighted by atomic mass is 10.0. The third-order valence-corrected chi connectivity index (χ3v) is 4.53. The summed E-state index contributed by atoms with van der Waals surface area (Å²) >= 11 is 0. The molecule has 0 spiro atoms. The summed E-state index contributed by atoms with van der Waals surface area (Å²) in [7, 11) is -3.43. The van der Waals surface area contributed by atoms with E-state index in [1.54, 1.807) is 6.07 Å². The van der Waals surface area contributed by atoms with Crippen LogP contribution < -0.4 is 5.32 Å². The van der Waals surface area contributed by atoms with Gasteiger partial charge in [0, 0.05) is 34.8 Å². The van der Waals surface area contributed by atoms with Gasteiger partial charge >= 0.3 is 0 Å². The van der Waals surface area contributed by atoms with Gasteiger partial charge in [-0.1, -0.05) is 12.1 Å². The van der Waals surface area contributed by atoms with Crippen LogP contribution in [0.3, 0.4) is 0 Å². The van der Waals surface area contributed by atoms with E-state index in [0.717, 1.165) is 39.5 Å². The van der Waals surface area contributed by atoms with Crippen LogP contribution in [0.2, 0.25) is 0 Å². The number of hydrogen-bond acceptors (Lipinski definition) is 2. The molecule has 1 aromatic heterocycles. The van der Waals surface area contributed by atoms with Gasteiger partial charge in [-0.05, 0) is 35.4 Å². The Morgan fingerprint density at radius 2 is 2.00 bits per heavy atom. The number of amidine groups is 1. The van der Waals surface area contributed by atoms with E-state index in [9.17, 15) is 12.8 Å². The maximum absolute atomic E-state index is 13.3. The molecule has 24 heavy (non-hydrogen) atoms. The predicted octanol–water partition coefficient (Wildman–Crippen LogP) is 3.30. The van der Waals surface area contributed by atoms with Gasteiger partial charge in [0.05, 0.1) is 6.26 Å². The molecule has 0 atom stereocenters. The summed E-state index contributed by atoms with van der Waals surface area (Å²) in [6, 6.07) is 10.5. The molecule has 2 aromatic carbocycles. The van der Waals surface area contributed by atoms with Crippen molar-refractivity contribution in [3.8, 4) is 11.1 Å². The fourth-order valence-corrected chi connectivity index (χ4v) is 3.50. The zero-order valence-electron chi connectivity index (χ0n) is 12.8. The topological polar surface area (TPSA) is 74.3 Å². The number of nitrogens with zero attached hydrogens (tertiary/aromatic N) is 1. The van der Waals surface area contributed by atoms with Crippen molar-refractivity contribution in [1.29, 1.82) is 0 Å². The van der Waals surface area contributed by atoms with Gasteiger partial charge in [-0.25, -0.2) is 12.8 Å². The minimum absolute atomic E-state index is 0.284. The Bertz CT molecular complexity index is 1100. The number of nitrogens with one attached hydrogen (secondary N) is 2. The standard InChI is InChI=1S/C17H14FN3O2S/c1-24(22,23)21-17-7-11-3-2-10(6-15(11)20-17)14-9-19-16-8-12(18)4-5-13(14)16/h2-6,8-9,19H,7H2,1H3,(H,20,21). The first-order valence-electron chi connectivity index (χ1n) is 7.35. The van der Waals surface area contributed by atoms with E-state index in [-0.39, 0.29) is 5.82 Å². The molecule has 3 aromatic rings. The van der Waals surface area contributed by atoms with E-state index < -0.39 is 10.0 Å². The lowest BCUT2D eigenvalue weighted by Crippen LogP contribution is -2.09. The van der Waals surface area contributed by atoms with Crippen molar-refractivity contribution in [1.82, 2.24) is 4.98 Å². The van der Waals surface area contributed by atoms with Crippen LogP contribution >= 0.6 is 0 Å². The van der Waals surface area contributed by atoms with Crippen molar-refractivity contribution in [3.05, 3.63) is 54.0 Å². The zero-order chi connectivity index (χ0) is 16.9. The molecule has 0 saturated carbocycles. The predicted molar refractivity (Wildman–Crippen MR) is 93.3 cm³/mol. The Kier molecular flexibility index (Phi) is 3.21. The van der Waals surface area contributed by atoms with Crippen molar-refractivity contribution in [2.24, 2.45) is 4.40 Å². The van der Waals surface area contributed by atoms with Gasteiger partial charge in [0.25, 0.3) is 10.0 Å². The first kappa shape index (κ1) is 14.9. The number of benzene rings is 2. The maximum Gasteiger partial charge on any atom is 0.251 e. The van der Waals surface area contributed by atoms with Gasteiger partial charge in [-0.2, -0.15) is 4.40 Å². The molecule has 2 heterocycles. The van der Waals surface area contributed by atoms with E-state index in [1.807, 2.05) is 24.4 Å². The summed E-state index contributed by atoms with van der Waals surface area (Å²) in [6.45, 7) is 0. The second kappa shape index (κ2) is 5.17. The molecule has 7 heteroatoms. The number of rotatable bonds is 2. The van der Waals surface area contributed by atoms with E-state index in [1.165, 1.54) is 12.1 Å². The van der Waals surface area contributed by atoms with Crippen LogP contribution in [0.15, 0.2) is 47.0 Å². The smallest absolute Gasteiger partial charge is 0.251 e. The lowest BCUT2D eigenvalue weighted by Gasteiger charge is -2.04. The number of aromatic nitrogens is 1. The van der Waals surface area contributed by atoms with E-state index in [0.29, 0.717) is 12.3 Å². The van der Waals surface area contributed by atoms with Crippen molar-refractivity contribution in [3.63, 3.8) is 0 Å². The van der Waals surface area contributed by atoms with Crippen molar-refractivity contribution in [2.45, 2.75) is 6.42 Å². The molecule has 1 aliphatic rings. The van der Waals surface area contributed by atoms with Gasteiger partial charge in [-0.15, -0.1) is 0 Å². The highest BCUT2D eigenvalue weighted by molar-refractivity contribution is 7.89. The molecule has 0 aliphatic carbocycles. The summed E-state index contributed by atoms with van der Waals surface area (Å²) in [4.78, 5) is 3.07. The number of hydrogen-bond donors (Lipinski definition) is 2. The van der Waals surface area contributed by atoms with Crippen LogP contribution in [0.4, 0.5) is 10.1 Å². The highest BCUT2D eigenvalue weighted by Gasteiger charge is 2.19. The SMILES string of the molecule is CS(=O)(=O)N=C1Cc2ccc(-c3c[nH]c4cc(F)ccc34)cc2N1. The van der Waals surface area contributed by atoms with Crippen molar-refractivity contribution < 1.29 is 12.8 Å². The quantitative estimate of drug-likeness (QED) is 0.750. The summed E-state index contributed by atoms with van der Waals surface area (Å²) in [5, 5.41) is 3.98. The second-order valence-corrected chi connectivity index (χ2v) is 7.49. The minimum Gasteiger partial charge on any atom is -0.360 e. The van der Waals surface area contributed by atoms with Crippen LogP contribution in [0.1, 0.15) is 5.56 Å². The first-order valence-corrected chi connectivity index (χ1v) is 9.20. The van der Waals surface area contributed by atoms with Crippen molar-refractivity contribution >= 4 is 32.4 Å². The fraction of sp³-hybridized carbons (Fsp3) is 0.118. The number of aromatic amines is 1. The van der Waals surface area contributed by atoms with Gasteiger partial charge in [0.1, 0.15) is 11.7 Å². The third kappa shape index (κ3) is 2.67. The summed E-state index contributed by atoms with van der Waals surface area (Å²) in [5.74, 6) is 0.138. The Balaban J connectivity index is 1.75. The highest BCUT2D eigenvalue weighted by atomic mass is 32.2. The van der Waals surface area contributed by atoms with Crippen LogP contribution in [-0.2, 0) is 16.4 Å². The summed E-state index contributed by atoms with van der Waals surface area (Å²) < 4.78 is 39.6. The molecule has 1 aliphatic heterocycles. The lowest BCUT2D eigenvalue weighted by molar-refractivity contribution is 0.603. The number of fused-ring (bicyclic) bond motifs is 2. The normalized spacial score (nSPS) is 15.7. The molecule has 0 bridgehead atoms. The van der Waals surface area contributed by atoms with E-state index >= 15 is 0 Å². The Morgan fingerprint density at radius 1 is 1.17 bits per heavy atom. The molecule has 2 N–H and O–H groups in total.